The summed E-state index contributed by atoms with van der Waals surface area (Å²) in [6.07, 6.45) is 0. The van der Waals surface area contributed by atoms with Gasteiger partial charge in [0.2, 0.25) is 0 Å². The van der Waals surface area contributed by atoms with Crippen LogP contribution < -0.4 is 15.4 Å². The van der Waals surface area contributed by atoms with Crippen LogP contribution in [-0.2, 0) is 11.3 Å². The minimum Gasteiger partial charge on any atom is -0.483 e. The zero-order valence-corrected chi connectivity index (χ0v) is 13.1. The number of para-hydroxylation sites is 1. The number of rotatable bonds is 6. The van der Waals surface area contributed by atoms with Crippen LogP contribution in [0.2, 0.25) is 0 Å². The predicted molar refractivity (Wildman–Crippen MR) is 81.8 cm³/mol. The zero-order valence-electron chi connectivity index (χ0n) is 13.1. The van der Waals surface area contributed by atoms with E-state index in [1.165, 1.54) is 0 Å². The third kappa shape index (κ3) is 6.57. The monoisotopic (exact) mass is 278 g/mol. The smallest absolute Gasteiger partial charge is 0.258 e. The molecular formula is C16H26N2O2. The van der Waals surface area contributed by atoms with Crippen molar-refractivity contribution in [3.05, 3.63) is 29.8 Å². The van der Waals surface area contributed by atoms with Gasteiger partial charge < -0.3 is 15.4 Å². The molecule has 20 heavy (non-hydrogen) atoms. The number of hydrogen-bond donors (Lipinski definition) is 2. The molecule has 0 saturated heterocycles. The molecule has 0 aliphatic carbocycles. The molecule has 1 aromatic rings. The molecule has 4 heteroatoms. The van der Waals surface area contributed by atoms with Crippen molar-refractivity contribution in [1.29, 1.82) is 0 Å². The predicted octanol–water partition coefficient (Wildman–Crippen LogP) is 2.48. The van der Waals surface area contributed by atoms with Gasteiger partial charge in [-0.15, -0.1) is 0 Å². The van der Waals surface area contributed by atoms with E-state index in [1.54, 1.807) is 0 Å². The molecule has 1 rings (SSSR count). The van der Waals surface area contributed by atoms with Gasteiger partial charge in [0.25, 0.3) is 5.91 Å². The molecular weight excluding hydrogens is 252 g/mol. The average molecular weight is 278 g/mol. The molecule has 0 radical (unpaired) electrons. The van der Waals surface area contributed by atoms with Gasteiger partial charge in [0, 0.05) is 23.7 Å². The van der Waals surface area contributed by atoms with Gasteiger partial charge in [-0.25, -0.2) is 0 Å². The van der Waals surface area contributed by atoms with E-state index in [4.69, 9.17) is 4.74 Å². The number of carbonyl (C=O) groups excluding carboxylic acids is 1. The molecule has 1 amide bonds. The second kappa shape index (κ2) is 7.29. The first-order valence-electron chi connectivity index (χ1n) is 7.03. The first-order chi connectivity index (χ1) is 9.28. The first kappa shape index (κ1) is 16.5. The van der Waals surface area contributed by atoms with Gasteiger partial charge in [-0.1, -0.05) is 18.2 Å². The second-order valence-corrected chi connectivity index (χ2v) is 6.22. The average Bonchev–Trinajstić information content (AvgIpc) is 2.33. The molecule has 0 heterocycles. The summed E-state index contributed by atoms with van der Waals surface area (Å²) in [7, 11) is 0. The van der Waals surface area contributed by atoms with Gasteiger partial charge in [0.05, 0.1) is 0 Å². The molecule has 0 aliphatic rings. The van der Waals surface area contributed by atoms with Gasteiger partial charge >= 0.3 is 0 Å². The standard InChI is InChI=1S/C16H26N2O2/c1-12(2)18-15(19)11-20-14-9-7-6-8-13(14)10-17-16(3,4)5/h6-9,12,17H,10-11H2,1-5H3,(H,18,19). The Kier molecular flexibility index (Phi) is 6.02. The number of carbonyl (C=O) groups is 1. The van der Waals surface area contributed by atoms with E-state index < -0.39 is 0 Å². The van der Waals surface area contributed by atoms with Gasteiger partial charge in [-0.3, -0.25) is 4.79 Å². The molecule has 0 spiro atoms. The maximum Gasteiger partial charge on any atom is 0.258 e. The highest BCUT2D eigenvalue weighted by atomic mass is 16.5. The van der Waals surface area contributed by atoms with Crippen LogP contribution in [0.4, 0.5) is 0 Å². The summed E-state index contributed by atoms with van der Waals surface area (Å²) in [4.78, 5) is 11.6. The Morgan fingerprint density at radius 2 is 1.90 bits per heavy atom. The molecule has 4 nitrogen and oxygen atoms in total. The van der Waals surface area contributed by atoms with E-state index in [0.29, 0.717) is 6.54 Å². The van der Waals surface area contributed by atoms with Crippen LogP contribution >= 0.6 is 0 Å². The lowest BCUT2D eigenvalue weighted by Gasteiger charge is -2.21. The molecule has 0 unspecified atom stereocenters. The van der Waals surface area contributed by atoms with Crippen molar-refractivity contribution in [2.75, 3.05) is 6.61 Å². The number of ether oxygens (including phenoxy) is 1. The van der Waals surface area contributed by atoms with Crippen LogP contribution in [-0.4, -0.2) is 24.1 Å². The van der Waals surface area contributed by atoms with Gasteiger partial charge in [0.1, 0.15) is 5.75 Å². The SMILES string of the molecule is CC(C)NC(=O)COc1ccccc1CNC(C)(C)C. The summed E-state index contributed by atoms with van der Waals surface area (Å²) < 4.78 is 5.61. The van der Waals surface area contributed by atoms with Gasteiger partial charge in [-0.2, -0.15) is 0 Å². The van der Waals surface area contributed by atoms with Crippen molar-refractivity contribution >= 4 is 5.91 Å². The third-order valence-electron chi connectivity index (χ3n) is 2.59. The summed E-state index contributed by atoms with van der Waals surface area (Å²) in [5.74, 6) is 0.654. The van der Waals surface area contributed by atoms with Crippen LogP contribution in [0.25, 0.3) is 0 Å². The fourth-order valence-corrected chi connectivity index (χ4v) is 1.66. The Hall–Kier alpha value is -1.55. The summed E-state index contributed by atoms with van der Waals surface area (Å²) in [5.41, 5.74) is 1.10. The molecule has 0 bridgehead atoms. The van der Waals surface area contributed by atoms with Gasteiger partial charge in [-0.05, 0) is 40.7 Å². The molecule has 1 aromatic carbocycles. The lowest BCUT2D eigenvalue weighted by Crippen LogP contribution is -2.35. The fraction of sp³-hybridized carbons (Fsp3) is 0.562. The van der Waals surface area contributed by atoms with Crippen LogP contribution in [0.15, 0.2) is 24.3 Å². The van der Waals surface area contributed by atoms with E-state index in [-0.39, 0.29) is 24.1 Å². The molecule has 0 atom stereocenters. The first-order valence-corrected chi connectivity index (χ1v) is 7.03. The third-order valence-corrected chi connectivity index (χ3v) is 2.59. The number of benzene rings is 1. The molecule has 0 aromatic heterocycles. The second-order valence-electron chi connectivity index (χ2n) is 6.22. The van der Waals surface area contributed by atoms with Crippen LogP contribution in [0.3, 0.4) is 0 Å². The van der Waals surface area contributed by atoms with E-state index in [1.807, 2.05) is 38.1 Å². The largest absolute Gasteiger partial charge is 0.483 e. The topological polar surface area (TPSA) is 50.4 Å². The van der Waals surface area contributed by atoms with Crippen molar-refractivity contribution < 1.29 is 9.53 Å². The van der Waals surface area contributed by atoms with E-state index >= 15 is 0 Å². The van der Waals surface area contributed by atoms with Crippen molar-refractivity contribution in [3.63, 3.8) is 0 Å². The Morgan fingerprint density at radius 3 is 2.50 bits per heavy atom. The molecule has 0 fully saturated rings. The van der Waals surface area contributed by atoms with E-state index in [0.717, 1.165) is 11.3 Å². The van der Waals surface area contributed by atoms with Crippen molar-refractivity contribution in [2.45, 2.75) is 52.7 Å². The highest BCUT2D eigenvalue weighted by Gasteiger charge is 2.11. The molecule has 2 N–H and O–H groups in total. The normalized spacial score (nSPS) is 11.5. The number of nitrogens with one attached hydrogen (secondary N) is 2. The lowest BCUT2D eigenvalue weighted by molar-refractivity contribution is -0.123. The van der Waals surface area contributed by atoms with Crippen molar-refractivity contribution in [3.8, 4) is 5.75 Å². The lowest BCUT2D eigenvalue weighted by atomic mass is 10.1. The highest BCUT2D eigenvalue weighted by Crippen LogP contribution is 2.18. The van der Waals surface area contributed by atoms with E-state index in [9.17, 15) is 4.79 Å². The zero-order chi connectivity index (χ0) is 15.2. The molecule has 112 valence electrons. The minimum absolute atomic E-state index is 0.0438. The van der Waals surface area contributed by atoms with Gasteiger partial charge in [0.15, 0.2) is 6.61 Å². The van der Waals surface area contributed by atoms with Crippen LogP contribution in [0, 0.1) is 0 Å². The molecule has 0 saturated carbocycles. The number of hydrogen-bond acceptors (Lipinski definition) is 3. The summed E-state index contributed by atoms with van der Waals surface area (Å²) in [6.45, 7) is 11.0. The quantitative estimate of drug-likeness (QED) is 0.840. The summed E-state index contributed by atoms with van der Waals surface area (Å²) >= 11 is 0. The van der Waals surface area contributed by atoms with E-state index in [2.05, 4.69) is 31.4 Å². The Labute approximate surface area is 121 Å². The Bertz CT molecular complexity index is 436. The molecule has 0 aliphatic heterocycles. The summed E-state index contributed by atoms with van der Waals surface area (Å²) in [5, 5.41) is 6.23. The maximum atomic E-state index is 11.6. The number of amides is 1. The van der Waals surface area contributed by atoms with Crippen LogP contribution in [0.5, 0.6) is 5.75 Å². The van der Waals surface area contributed by atoms with Crippen molar-refractivity contribution in [1.82, 2.24) is 10.6 Å². The maximum absolute atomic E-state index is 11.6. The summed E-state index contributed by atoms with van der Waals surface area (Å²) in [6, 6.07) is 7.91. The van der Waals surface area contributed by atoms with Crippen LogP contribution in [0.1, 0.15) is 40.2 Å². The Balaban J connectivity index is 2.59. The van der Waals surface area contributed by atoms with Crippen molar-refractivity contribution in [2.24, 2.45) is 0 Å². The minimum atomic E-state index is -0.0985. The fourth-order valence-electron chi connectivity index (χ4n) is 1.66. The highest BCUT2D eigenvalue weighted by molar-refractivity contribution is 5.77. The Morgan fingerprint density at radius 1 is 1.25 bits per heavy atom.